The summed E-state index contributed by atoms with van der Waals surface area (Å²) in [5.74, 6) is 0. The van der Waals surface area contributed by atoms with Gasteiger partial charge in [-0.2, -0.15) is 0 Å². The van der Waals surface area contributed by atoms with Gasteiger partial charge in [0.2, 0.25) is 0 Å². The molecular formula is C8H13N. The molecule has 1 nitrogen and oxygen atoms in total. The van der Waals surface area contributed by atoms with Crippen molar-refractivity contribution in [2.45, 2.75) is 13.8 Å². The molecule has 0 amide bonds. The van der Waals surface area contributed by atoms with E-state index in [9.17, 15) is 0 Å². The van der Waals surface area contributed by atoms with Gasteiger partial charge in [-0.05, 0) is 19.9 Å². The lowest BCUT2D eigenvalue weighted by Gasteiger charge is -1.87. The predicted octanol–water partition coefficient (Wildman–Crippen LogP) is 1.98. The lowest BCUT2D eigenvalue weighted by molar-refractivity contribution is 1.38. The second-order valence-corrected chi connectivity index (χ2v) is 1.97. The van der Waals surface area contributed by atoms with Crippen LogP contribution in [0.25, 0.3) is 0 Å². The van der Waals surface area contributed by atoms with E-state index in [0.29, 0.717) is 0 Å². The van der Waals surface area contributed by atoms with Gasteiger partial charge in [0.05, 0.1) is 0 Å². The SMILES string of the molecule is C=C(C)/C=C\C(N)=CC. The fourth-order valence-corrected chi connectivity index (χ4v) is 0.335. The summed E-state index contributed by atoms with van der Waals surface area (Å²) in [6.07, 6.45) is 5.57. The minimum Gasteiger partial charge on any atom is -0.399 e. The number of hydrogen-bond donors (Lipinski definition) is 1. The Kier molecular flexibility index (Phi) is 3.52. The molecule has 0 aromatic rings. The van der Waals surface area contributed by atoms with Crippen LogP contribution >= 0.6 is 0 Å². The fraction of sp³-hybridized carbons (Fsp3) is 0.250. The average Bonchev–Trinajstić information content (AvgIpc) is 1.83. The zero-order chi connectivity index (χ0) is 7.28. The Labute approximate surface area is 56.6 Å². The molecule has 0 aromatic heterocycles. The summed E-state index contributed by atoms with van der Waals surface area (Å²) >= 11 is 0. The van der Waals surface area contributed by atoms with Crippen molar-refractivity contribution in [3.63, 3.8) is 0 Å². The third-order valence-corrected chi connectivity index (χ3v) is 0.894. The topological polar surface area (TPSA) is 26.0 Å². The fourth-order valence-electron chi connectivity index (χ4n) is 0.335. The van der Waals surface area contributed by atoms with Gasteiger partial charge in [0.1, 0.15) is 0 Å². The Balaban J connectivity index is 3.86. The minimum absolute atomic E-state index is 0.776. The molecule has 0 aromatic carbocycles. The molecule has 0 fully saturated rings. The average molecular weight is 123 g/mol. The maximum Gasteiger partial charge on any atom is 0.0270 e. The van der Waals surface area contributed by atoms with E-state index in [0.717, 1.165) is 11.3 Å². The molecule has 0 bridgehead atoms. The van der Waals surface area contributed by atoms with Gasteiger partial charge in [0.25, 0.3) is 0 Å². The van der Waals surface area contributed by atoms with Gasteiger partial charge >= 0.3 is 0 Å². The van der Waals surface area contributed by atoms with Crippen LogP contribution in [0.4, 0.5) is 0 Å². The highest BCUT2D eigenvalue weighted by atomic mass is 14.5. The molecule has 0 saturated carbocycles. The molecule has 0 saturated heterocycles. The Morgan fingerprint density at radius 1 is 1.44 bits per heavy atom. The molecule has 0 rings (SSSR count). The van der Waals surface area contributed by atoms with Crippen LogP contribution in [0.1, 0.15) is 13.8 Å². The number of nitrogens with two attached hydrogens (primary N) is 1. The largest absolute Gasteiger partial charge is 0.399 e. The molecular weight excluding hydrogens is 110 g/mol. The smallest absolute Gasteiger partial charge is 0.0270 e. The van der Waals surface area contributed by atoms with E-state index in [1.807, 2.05) is 32.1 Å². The van der Waals surface area contributed by atoms with Gasteiger partial charge in [0.15, 0.2) is 0 Å². The predicted molar refractivity (Wildman–Crippen MR) is 41.9 cm³/mol. The Morgan fingerprint density at radius 3 is 2.33 bits per heavy atom. The minimum atomic E-state index is 0.776. The van der Waals surface area contributed by atoms with Gasteiger partial charge in [-0.25, -0.2) is 0 Å². The highest BCUT2D eigenvalue weighted by Gasteiger charge is 1.76. The van der Waals surface area contributed by atoms with Gasteiger partial charge in [-0.15, -0.1) is 0 Å². The van der Waals surface area contributed by atoms with Gasteiger partial charge in [0, 0.05) is 5.70 Å². The maximum atomic E-state index is 5.45. The second kappa shape index (κ2) is 3.96. The van der Waals surface area contributed by atoms with Crippen LogP contribution in [0.15, 0.2) is 36.1 Å². The summed E-state index contributed by atoms with van der Waals surface area (Å²) in [6, 6.07) is 0. The Morgan fingerprint density at radius 2 is 2.00 bits per heavy atom. The Hall–Kier alpha value is -0.980. The van der Waals surface area contributed by atoms with Crippen molar-refractivity contribution in [1.29, 1.82) is 0 Å². The first-order valence-electron chi connectivity index (χ1n) is 2.92. The highest BCUT2D eigenvalue weighted by Crippen LogP contribution is 1.92. The zero-order valence-corrected chi connectivity index (χ0v) is 6.02. The standard InChI is InChI=1S/C8H13N/c1-4-8(9)6-5-7(2)3/h4-6H,2,9H2,1,3H3/b6-5-,8-4?. The van der Waals surface area contributed by atoms with E-state index < -0.39 is 0 Å². The molecule has 0 aliphatic carbocycles. The van der Waals surface area contributed by atoms with E-state index in [1.54, 1.807) is 0 Å². The van der Waals surface area contributed by atoms with E-state index in [1.165, 1.54) is 0 Å². The number of hydrogen-bond acceptors (Lipinski definition) is 1. The van der Waals surface area contributed by atoms with Gasteiger partial charge < -0.3 is 5.73 Å². The van der Waals surface area contributed by atoms with Crippen LogP contribution in [-0.2, 0) is 0 Å². The third kappa shape index (κ3) is 4.88. The molecule has 0 atom stereocenters. The first-order valence-corrected chi connectivity index (χ1v) is 2.92. The van der Waals surface area contributed by atoms with E-state index in [4.69, 9.17) is 5.73 Å². The monoisotopic (exact) mass is 123 g/mol. The molecule has 0 unspecified atom stereocenters. The molecule has 0 aliphatic heterocycles. The van der Waals surface area contributed by atoms with Crippen molar-refractivity contribution >= 4 is 0 Å². The van der Waals surface area contributed by atoms with Crippen LogP contribution in [0.3, 0.4) is 0 Å². The quantitative estimate of drug-likeness (QED) is 0.558. The maximum absolute atomic E-state index is 5.45. The zero-order valence-electron chi connectivity index (χ0n) is 6.02. The van der Waals surface area contributed by atoms with E-state index in [2.05, 4.69) is 6.58 Å². The van der Waals surface area contributed by atoms with Crippen molar-refractivity contribution in [3.05, 3.63) is 36.1 Å². The molecule has 0 radical (unpaired) electrons. The molecule has 0 aliphatic rings. The Bertz CT molecular complexity index is 152. The van der Waals surface area contributed by atoms with Crippen molar-refractivity contribution in [2.24, 2.45) is 5.73 Å². The summed E-state index contributed by atoms with van der Waals surface area (Å²) in [5.41, 5.74) is 7.24. The lowest BCUT2D eigenvalue weighted by atomic mass is 10.3. The van der Waals surface area contributed by atoms with Crippen molar-refractivity contribution in [1.82, 2.24) is 0 Å². The summed E-state index contributed by atoms with van der Waals surface area (Å²) < 4.78 is 0. The first kappa shape index (κ1) is 8.02. The molecule has 2 N–H and O–H groups in total. The van der Waals surface area contributed by atoms with Crippen LogP contribution in [-0.4, -0.2) is 0 Å². The third-order valence-electron chi connectivity index (χ3n) is 0.894. The summed E-state index contributed by atoms with van der Waals surface area (Å²) in [4.78, 5) is 0. The van der Waals surface area contributed by atoms with Gasteiger partial charge in [-0.3, -0.25) is 0 Å². The van der Waals surface area contributed by atoms with E-state index in [-0.39, 0.29) is 0 Å². The highest BCUT2D eigenvalue weighted by molar-refractivity contribution is 5.22. The van der Waals surface area contributed by atoms with Crippen molar-refractivity contribution in [2.75, 3.05) is 0 Å². The number of allylic oxidation sites excluding steroid dienone is 4. The molecule has 0 spiro atoms. The first-order chi connectivity index (χ1) is 4.16. The van der Waals surface area contributed by atoms with Crippen molar-refractivity contribution in [3.8, 4) is 0 Å². The number of rotatable bonds is 2. The molecule has 1 heteroatoms. The summed E-state index contributed by atoms with van der Waals surface area (Å²) in [6.45, 7) is 7.52. The van der Waals surface area contributed by atoms with Crippen LogP contribution in [0.2, 0.25) is 0 Å². The van der Waals surface area contributed by atoms with Crippen LogP contribution in [0.5, 0.6) is 0 Å². The summed E-state index contributed by atoms with van der Waals surface area (Å²) in [5, 5.41) is 0. The second-order valence-electron chi connectivity index (χ2n) is 1.97. The summed E-state index contributed by atoms with van der Waals surface area (Å²) in [7, 11) is 0. The normalized spacial score (nSPS) is 12.4. The van der Waals surface area contributed by atoms with E-state index >= 15 is 0 Å². The molecule has 0 heterocycles. The lowest BCUT2D eigenvalue weighted by Crippen LogP contribution is -1.90. The molecule has 50 valence electrons. The van der Waals surface area contributed by atoms with Crippen LogP contribution < -0.4 is 5.73 Å². The van der Waals surface area contributed by atoms with Crippen molar-refractivity contribution < 1.29 is 0 Å². The van der Waals surface area contributed by atoms with Crippen LogP contribution in [0, 0.1) is 0 Å². The van der Waals surface area contributed by atoms with Gasteiger partial charge in [-0.1, -0.05) is 24.3 Å². The molecule has 9 heavy (non-hydrogen) atoms.